The van der Waals surface area contributed by atoms with Gasteiger partial charge in [0.2, 0.25) is 0 Å². The summed E-state index contributed by atoms with van der Waals surface area (Å²) in [5.74, 6) is 1.34. The average molecular weight is 482 g/mol. The lowest BCUT2D eigenvalue weighted by molar-refractivity contribution is 0.0567. The highest BCUT2D eigenvalue weighted by Gasteiger charge is 2.45. The van der Waals surface area contributed by atoms with Crippen molar-refractivity contribution in [1.29, 1.82) is 0 Å². The Bertz CT molecular complexity index is 1050. The van der Waals surface area contributed by atoms with Crippen molar-refractivity contribution in [2.45, 2.75) is 52.2 Å². The zero-order valence-electron chi connectivity index (χ0n) is 19.4. The fourth-order valence-corrected chi connectivity index (χ4v) is 5.76. The number of carbonyl (C=O) groups is 2. The lowest BCUT2D eigenvalue weighted by Crippen LogP contribution is -2.47. The summed E-state index contributed by atoms with van der Waals surface area (Å²) >= 11 is 0. The van der Waals surface area contributed by atoms with E-state index in [0.717, 1.165) is 30.6 Å². The van der Waals surface area contributed by atoms with Gasteiger partial charge in [-0.1, -0.05) is 0 Å². The standard InChI is InChI=1S/C20H31N7O5S/c1-19(2,3)32-18(29)24-33(30,31)27-10-7-20(12-27)5-8-26(9-6-20)16-14-11-25(4)17(28)23-15(14)21-13-22-16/h13H,5-12H2,1-4H3,(H,24,29)(H,21,22,23,28). The second-order valence-corrected chi connectivity index (χ2v) is 11.7. The number of ether oxygens (including phenoxy) is 1. The molecule has 13 heteroatoms. The van der Waals surface area contributed by atoms with Gasteiger partial charge >= 0.3 is 22.3 Å². The fourth-order valence-electron chi connectivity index (χ4n) is 4.60. The Balaban J connectivity index is 1.39. The molecule has 3 aliphatic heterocycles. The Morgan fingerprint density at radius 3 is 2.52 bits per heavy atom. The first-order valence-corrected chi connectivity index (χ1v) is 12.4. The average Bonchev–Trinajstić information content (AvgIpc) is 3.12. The van der Waals surface area contributed by atoms with Gasteiger partial charge in [0.05, 0.1) is 12.1 Å². The highest BCUT2D eigenvalue weighted by atomic mass is 32.2. The number of amides is 3. The summed E-state index contributed by atoms with van der Waals surface area (Å²) in [4.78, 5) is 36.3. The first-order chi connectivity index (χ1) is 15.4. The molecule has 0 atom stereocenters. The zero-order chi connectivity index (χ0) is 24.0. The van der Waals surface area contributed by atoms with Crippen molar-refractivity contribution in [3.63, 3.8) is 0 Å². The Hall–Kier alpha value is -2.67. The predicted molar refractivity (Wildman–Crippen MR) is 121 cm³/mol. The summed E-state index contributed by atoms with van der Waals surface area (Å²) in [5, 5.41) is 2.78. The Morgan fingerprint density at radius 1 is 1.18 bits per heavy atom. The number of carbonyl (C=O) groups excluding carboxylic acids is 2. The van der Waals surface area contributed by atoms with Crippen LogP contribution in [0.5, 0.6) is 0 Å². The van der Waals surface area contributed by atoms with Gasteiger partial charge in [0.15, 0.2) is 0 Å². The van der Waals surface area contributed by atoms with E-state index < -0.39 is 21.9 Å². The van der Waals surface area contributed by atoms with Gasteiger partial charge < -0.3 is 14.5 Å². The molecule has 3 amide bonds. The lowest BCUT2D eigenvalue weighted by Gasteiger charge is -2.41. The second kappa shape index (κ2) is 8.28. The Morgan fingerprint density at radius 2 is 1.85 bits per heavy atom. The van der Waals surface area contributed by atoms with E-state index in [1.54, 1.807) is 32.7 Å². The first kappa shape index (κ1) is 23.5. The molecule has 1 spiro atoms. The fraction of sp³-hybridized carbons (Fsp3) is 0.700. The number of anilines is 2. The number of nitrogens with zero attached hydrogens (tertiary/aromatic N) is 5. The third-order valence-corrected chi connectivity index (χ3v) is 7.78. The lowest BCUT2D eigenvalue weighted by atomic mass is 9.78. The number of fused-ring (bicyclic) bond motifs is 1. The molecule has 2 N–H and O–H groups in total. The molecule has 4 rings (SSSR count). The summed E-state index contributed by atoms with van der Waals surface area (Å²) in [5.41, 5.74) is -0.0407. The van der Waals surface area contributed by atoms with Gasteiger partial charge in [-0.05, 0) is 45.4 Å². The van der Waals surface area contributed by atoms with Gasteiger partial charge in [-0.25, -0.2) is 24.3 Å². The van der Waals surface area contributed by atoms with Crippen LogP contribution in [-0.2, 0) is 21.5 Å². The van der Waals surface area contributed by atoms with Crippen LogP contribution in [0.15, 0.2) is 6.33 Å². The number of nitrogens with one attached hydrogen (secondary N) is 2. The Kier molecular flexibility index (Phi) is 5.89. The molecule has 1 aromatic rings. The topological polar surface area (TPSA) is 137 Å². The SMILES string of the molecule is CN1Cc2c(ncnc2N2CCC3(CC2)CCN(S(=O)(=O)NC(=O)OC(C)(C)C)C3)NC1=O. The smallest absolute Gasteiger partial charge is 0.422 e. The molecular formula is C20H31N7O5S. The monoisotopic (exact) mass is 481 g/mol. The van der Waals surface area contributed by atoms with Crippen LogP contribution in [0.1, 0.15) is 45.6 Å². The zero-order valence-corrected chi connectivity index (χ0v) is 20.2. The number of rotatable bonds is 3. The molecule has 4 heterocycles. The van der Waals surface area contributed by atoms with Crippen molar-refractivity contribution in [3.8, 4) is 0 Å². The summed E-state index contributed by atoms with van der Waals surface area (Å²) in [6.45, 7) is 7.62. The number of aromatic nitrogens is 2. The van der Waals surface area contributed by atoms with E-state index >= 15 is 0 Å². The van der Waals surface area contributed by atoms with Crippen LogP contribution in [0.25, 0.3) is 0 Å². The van der Waals surface area contributed by atoms with Crippen LogP contribution >= 0.6 is 0 Å². The molecule has 2 saturated heterocycles. The quantitative estimate of drug-likeness (QED) is 0.663. The second-order valence-electron chi connectivity index (χ2n) is 9.99. The molecule has 0 bridgehead atoms. The molecule has 3 aliphatic rings. The van der Waals surface area contributed by atoms with Gasteiger partial charge in [0.25, 0.3) is 0 Å². The molecule has 0 radical (unpaired) electrons. The predicted octanol–water partition coefficient (Wildman–Crippen LogP) is 1.52. The third kappa shape index (κ3) is 4.98. The maximum atomic E-state index is 12.7. The van der Waals surface area contributed by atoms with Crippen LogP contribution in [0.2, 0.25) is 0 Å². The normalized spacial score (nSPS) is 21.0. The number of hydrogen-bond acceptors (Lipinski definition) is 8. The molecular weight excluding hydrogens is 450 g/mol. The van der Waals surface area contributed by atoms with Crippen molar-refractivity contribution in [2.24, 2.45) is 5.41 Å². The maximum Gasteiger partial charge on any atom is 0.422 e. The minimum atomic E-state index is -3.97. The van der Waals surface area contributed by atoms with Crippen LogP contribution in [0.3, 0.4) is 0 Å². The highest BCUT2D eigenvalue weighted by molar-refractivity contribution is 7.87. The number of urea groups is 1. The molecule has 2 fully saturated rings. The van der Waals surface area contributed by atoms with Crippen LogP contribution in [0.4, 0.5) is 21.2 Å². The third-order valence-electron chi connectivity index (χ3n) is 6.37. The minimum absolute atomic E-state index is 0.142. The summed E-state index contributed by atoms with van der Waals surface area (Å²) < 4.78 is 33.9. The van der Waals surface area contributed by atoms with Crippen molar-refractivity contribution in [3.05, 3.63) is 11.9 Å². The highest BCUT2D eigenvalue weighted by Crippen LogP contribution is 2.42. The molecule has 0 saturated carbocycles. The maximum absolute atomic E-state index is 12.7. The van der Waals surface area contributed by atoms with Crippen LogP contribution in [0, 0.1) is 5.41 Å². The molecule has 12 nitrogen and oxygen atoms in total. The van der Waals surface area contributed by atoms with Crippen molar-refractivity contribution >= 4 is 34.0 Å². The van der Waals surface area contributed by atoms with E-state index in [-0.39, 0.29) is 11.4 Å². The molecule has 0 aliphatic carbocycles. The first-order valence-electron chi connectivity index (χ1n) is 11.0. The van der Waals surface area contributed by atoms with E-state index in [1.807, 2.05) is 4.72 Å². The molecule has 0 aromatic carbocycles. The minimum Gasteiger partial charge on any atom is -0.443 e. The largest absolute Gasteiger partial charge is 0.443 e. The van der Waals surface area contributed by atoms with Crippen molar-refractivity contribution in [2.75, 3.05) is 43.4 Å². The van der Waals surface area contributed by atoms with Crippen molar-refractivity contribution < 1.29 is 22.7 Å². The number of piperidine rings is 1. The summed E-state index contributed by atoms with van der Waals surface area (Å²) in [6.07, 6.45) is 2.82. The summed E-state index contributed by atoms with van der Waals surface area (Å²) in [7, 11) is -2.25. The van der Waals surface area contributed by atoms with Gasteiger partial charge in [-0.3, -0.25) is 5.32 Å². The van der Waals surface area contributed by atoms with Gasteiger partial charge in [-0.2, -0.15) is 12.7 Å². The molecule has 0 unspecified atom stereocenters. The molecule has 182 valence electrons. The van der Waals surface area contributed by atoms with Gasteiger partial charge in [0.1, 0.15) is 23.6 Å². The van der Waals surface area contributed by atoms with Gasteiger partial charge in [0, 0.05) is 33.2 Å². The Labute approximate surface area is 193 Å². The molecule has 1 aromatic heterocycles. The van der Waals surface area contributed by atoms with Crippen molar-refractivity contribution in [1.82, 2.24) is 23.9 Å². The number of hydrogen-bond donors (Lipinski definition) is 2. The van der Waals surface area contributed by atoms with Crippen LogP contribution < -0.4 is 14.9 Å². The van der Waals surface area contributed by atoms with Gasteiger partial charge in [-0.15, -0.1) is 0 Å². The van der Waals surface area contributed by atoms with E-state index in [0.29, 0.717) is 38.5 Å². The van der Waals surface area contributed by atoms with E-state index in [9.17, 15) is 18.0 Å². The molecule has 33 heavy (non-hydrogen) atoms. The summed E-state index contributed by atoms with van der Waals surface area (Å²) in [6, 6.07) is -0.197. The van der Waals surface area contributed by atoms with E-state index in [1.165, 1.54) is 10.6 Å². The van der Waals surface area contributed by atoms with E-state index in [2.05, 4.69) is 20.2 Å². The van der Waals surface area contributed by atoms with Crippen LogP contribution in [-0.4, -0.2) is 78.5 Å². The van der Waals surface area contributed by atoms with E-state index in [4.69, 9.17) is 4.74 Å².